The van der Waals surface area contributed by atoms with Gasteiger partial charge in [0, 0.05) is 25.5 Å². The molecule has 0 saturated heterocycles. The molecule has 0 aliphatic heterocycles. The van der Waals surface area contributed by atoms with Gasteiger partial charge in [-0.25, -0.2) is 0 Å². The fourth-order valence-corrected chi connectivity index (χ4v) is 1.63. The van der Waals surface area contributed by atoms with E-state index in [1.807, 2.05) is 19.1 Å². The van der Waals surface area contributed by atoms with Crippen LogP contribution in [0, 0.1) is 0 Å². The van der Waals surface area contributed by atoms with Crippen LogP contribution in [0.15, 0.2) is 24.5 Å². The molecule has 1 aromatic heterocycles. The van der Waals surface area contributed by atoms with Gasteiger partial charge in [-0.1, -0.05) is 0 Å². The van der Waals surface area contributed by atoms with E-state index < -0.39 is 5.60 Å². The van der Waals surface area contributed by atoms with Crippen molar-refractivity contribution in [2.75, 3.05) is 13.1 Å². The SMILES string of the molecule is CCN(CC(C)(C)O)C(=O)Cc1ccncc1. The monoisotopic (exact) mass is 236 g/mol. The highest BCUT2D eigenvalue weighted by atomic mass is 16.3. The van der Waals surface area contributed by atoms with E-state index in [0.717, 1.165) is 5.56 Å². The number of amides is 1. The highest BCUT2D eigenvalue weighted by molar-refractivity contribution is 5.78. The molecule has 0 aliphatic carbocycles. The predicted molar refractivity (Wildman–Crippen MR) is 66.5 cm³/mol. The highest BCUT2D eigenvalue weighted by Crippen LogP contribution is 2.07. The van der Waals surface area contributed by atoms with Crippen LogP contribution < -0.4 is 0 Å². The quantitative estimate of drug-likeness (QED) is 0.837. The van der Waals surface area contributed by atoms with Crippen molar-refractivity contribution in [2.45, 2.75) is 32.8 Å². The van der Waals surface area contributed by atoms with E-state index in [4.69, 9.17) is 0 Å². The zero-order valence-corrected chi connectivity index (χ0v) is 10.7. The number of rotatable bonds is 5. The standard InChI is InChI=1S/C13H20N2O2/c1-4-15(10-13(2,3)17)12(16)9-11-5-7-14-8-6-11/h5-8,17H,4,9-10H2,1-3H3. The van der Waals surface area contributed by atoms with Crippen molar-refractivity contribution in [2.24, 2.45) is 0 Å². The van der Waals surface area contributed by atoms with E-state index in [1.54, 1.807) is 31.1 Å². The van der Waals surface area contributed by atoms with Crippen molar-refractivity contribution in [1.29, 1.82) is 0 Å². The molecule has 94 valence electrons. The number of carbonyl (C=O) groups is 1. The Hall–Kier alpha value is -1.42. The van der Waals surface area contributed by atoms with Crippen LogP contribution in [0.3, 0.4) is 0 Å². The fraction of sp³-hybridized carbons (Fsp3) is 0.538. The van der Waals surface area contributed by atoms with Gasteiger partial charge < -0.3 is 10.0 Å². The van der Waals surface area contributed by atoms with Crippen LogP contribution in [-0.4, -0.2) is 39.6 Å². The third-order valence-electron chi connectivity index (χ3n) is 2.42. The second-order valence-electron chi connectivity index (χ2n) is 4.75. The summed E-state index contributed by atoms with van der Waals surface area (Å²) in [5.41, 5.74) is 0.0865. The van der Waals surface area contributed by atoms with E-state index in [9.17, 15) is 9.90 Å². The van der Waals surface area contributed by atoms with Crippen molar-refractivity contribution in [3.63, 3.8) is 0 Å². The molecule has 0 fully saturated rings. The highest BCUT2D eigenvalue weighted by Gasteiger charge is 2.21. The van der Waals surface area contributed by atoms with Crippen molar-refractivity contribution < 1.29 is 9.90 Å². The van der Waals surface area contributed by atoms with Gasteiger partial charge in [-0.15, -0.1) is 0 Å². The van der Waals surface area contributed by atoms with Crippen molar-refractivity contribution in [1.82, 2.24) is 9.88 Å². The minimum absolute atomic E-state index is 0.0285. The number of pyridine rings is 1. The Morgan fingerprint density at radius 2 is 2.00 bits per heavy atom. The van der Waals surface area contributed by atoms with E-state index in [-0.39, 0.29) is 5.91 Å². The number of hydrogen-bond acceptors (Lipinski definition) is 3. The van der Waals surface area contributed by atoms with Gasteiger partial charge >= 0.3 is 0 Å². The molecule has 0 saturated carbocycles. The van der Waals surface area contributed by atoms with Crippen LogP contribution in [0.5, 0.6) is 0 Å². The zero-order chi connectivity index (χ0) is 12.9. The summed E-state index contributed by atoms with van der Waals surface area (Å²) in [7, 11) is 0. The Morgan fingerprint density at radius 3 is 2.47 bits per heavy atom. The van der Waals surface area contributed by atoms with Gasteiger partial charge in [-0.2, -0.15) is 0 Å². The number of aromatic nitrogens is 1. The molecule has 1 heterocycles. The maximum atomic E-state index is 12.0. The Kier molecular flexibility index (Phi) is 4.63. The summed E-state index contributed by atoms with van der Waals surface area (Å²) >= 11 is 0. The topological polar surface area (TPSA) is 53.4 Å². The lowest BCUT2D eigenvalue weighted by Crippen LogP contribution is -2.42. The smallest absolute Gasteiger partial charge is 0.227 e. The van der Waals surface area contributed by atoms with Gasteiger partial charge in [-0.3, -0.25) is 9.78 Å². The first kappa shape index (κ1) is 13.6. The van der Waals surface area contributed by atoms with E-state index in [2.05, 4.69) is 4.98 Å². The molecule has 0 bridgehead atoms. The number of aliphatic hydroxyl groups is 1. The first-order valence-corrected chi connectivity index (χ1v) is 5.81. The largest absolute Gasteiger partial charge is 0.389 e. The van der Waals surface area contributed by atoms with Crippen LogP contribution in [-0.2, 0) is 11.2 Å². The van der Waals surface area contributed by atoms with Crippen molar-refractivity contribution in [3.8, 4) is 0 Å². The third kappa shape index (κ3) is 4.95. The predicted octanol–water partition coefficient (Wildman–Crippen LogP) is 1.24. The van der Waals surface area contributed by atoms with E-state index in [0.29, 0.717) is 19.5 Å². The average molecular weight is 236 g/mol. The molecule has 0 unspecified atom stereocenters. The van der Waals surface area contributed by atoms with Crippen LogP contribution in [0.1, 0.15) is 26.3 Å². The maximum Gasteiger partial charge on any atom is 0.227 e. The van der Waals surface area contributed by atoms with Crippen molar-refractivity contribution >= 4 is 5.91 Å². The molecular formula is C13H20N2O2. The number of hydrogen-bond donors (Lipinski definition) is 1. The molecule has 1 rings (SSSR count). The second-order valence-corrected chi connectivity index (χ2v) is 4.75. The second kappa shape index (κ2) is 5.77. The number of likely N-dealkylation sites (N-methyl/N-ethyl adjacent to an activating group) is 1. The molecule has 1 N–H and O–H groups in total. The van der Waals surface area contributed by atoms with Crippen LogP contribution in [0.4, 0.5) is 0 Å². The minimum Gasteiger partial charge on any atom is -0.389 e. The summed E-state index contributed by atoms with van der Waals surface area (Å²) in [4.78, 5) is 17.6. The molecule has 1 amide bonds. The lowest BCUT2D eigenvalue weighted by molar-refractivity contribution is -0.133. The van der Waals surface area contributed by atoms with Gasteiger partial charge in [0.2, 0.25) is 5.91 Å². The first-order chi connectivity index (χ1) is 7.92. The summed E-state index contributed by atoms with van der Waals surface area (Å²) in [5, 5.41) is 9.73. The Labute approximate surface area is 102 Å². The summed E-state index contributed by atoms with van der Waals surface area (Å²) in [6.45, 7) is 6.28. The number of carbonyl (C=O) groups excluding carboxylic acids is 1. The van der Waals surface area contributed by atoms with Gasteiger partial charge in [0.15, 0.2) is 0 Å². The molecule has 4 heteroatoms. The van der Waals surface area contributed by atoms with Crippen LogP contribution in [0.2, 0.25) is 0 Å². The maximum absolute atomic E-state index is 12.0. The van der Waals surface area contributed by atoms with Gasteiger partial charge in [0.25, 0.3) is 0 Å². The van der Waals surface area contributed by atoms with Gasteiger partial charge in [0.1, 0.15) is 0 Å². The molecular weight excluding hydrogens is 216 g/mol. The molecule has 4 nitrogen and oxygen atoms in total. The number of nitrogens with zero attached hydrogens (tertiary/aromatic N) is 2. The summed E-state index contributed by atoms with van der Waals surface area (Å²) < 4.78 is 0. The zero-order valence-electron chi connectivity index (χ0n) is 10.7. The molecule has 1 aromatic rings. The first-order valence-electron chi connectivity index (χ1n) is 5.81. The van der Waals surface area contributed by atoms with E-state index >= 15 is 0 Å². The normalized spacial score (nSPS) is 11.3. The summed E-state index contributed by atoms with van der Waals surface area (Å²) in [6.07, 6.45) is 3.70. The Morgan fingerprint density at radius 1 is 1.41 bits per heavy atom. The fourth-order valence-electron chi connectivity index (χ4n) is 1.63. The third-order valence-corrected chi connectivity index (χ3v) is 2.42. The van der Waals surface area contributed by atoms with Crippen LogP contribution >= 0.6 is 0 Å². The summed E-state index contributed by atoms with van der Waals surface area (Å²) in [6, 6.07) is 3.66. The molecule has 0 aliphatic rings. The lowest BCUT2D eigenvalue weighted by Gasteiger charge is -2.28. The molecule has 0 atom stereocenters. The average Bonchev–Trinajstić information content (AvgIpc) is 2.26. The van der Waals surface area contributed by atoms with Gasteiger partial charge in [-0.05, 0) is 38.5 Å². The van der Waals surface area contributed by atoms with E-state index in [1.165, 1.54) is 0 Å². The summed E-state index contributed by atoms with van der Waals surface area (Å²) in [5.74, 6) is 0.0285. The molecule has 17 heavy (non-hydrogen) atoms. The lowest BCUT2D eigenvalue weighted by atomic mass is 10.1. The van der Waals surface area contributed by atoms with Crippen molar-refractivity contribution in [3.05, 3.63) is 30.1 Å². The Balaban J connectivity index is 2.62. The molecule has 0 radical (unpaired) electrons. The van der Waals surface area contributed by atoms with Crippen LogP contribution in [0.25, 0.3) is 0 Å². The van der Waals surface area contributed by atoms with Gasteiger partial charge in [0.05, 0.1) is 12.0 Å². The Bertz CT molecular complexity index is 357. The molecule has 0 spiro atoms. The molecule has 0 aromatic carbocycles. The minimum atomic E-state index is -0.857.